The fraction of sp³-hybridized carbons (Fsp3) is 0.593. The minimum atomic E-state index is -2.80. The number of halogens is 3. The molecule has 0 N–H and O–H groups in total. The van der Waals surface area contributed by atoms with Gasteiger partial charge in [0.1, 0.15) is 23.7 Å². The third-order valence-electron chi connectivity index (χ3n) is 8.27. The van der Waals surface area contributed by atoms with Crippen LogP contribution in [-0.4, -0.2) is 62.4 Å². The zero-order chi connectivity index (χ0) is 28.6. The molecule has 0 radical (unpaired) electrons. The zero-order valence-electron chi connectivity index (χ0n) is 22.5. The van der Waals surface area contributed by atoms with Gasteiger partial charge in [0.25, 0.3) is 6.43 Å². The number of benzene rings is 1. The monoisotopic (exact) mass is 579 g/mol. The number of amides is 2. The third kappa shape index (κ3) is 5.37. The Balaban J connectivity index is 1.47. The van der Waals surface area contributed by atoms with Crippen LogP contribution in [0.2, 0.25) is 5.02 Å². The lowest BCUT2D eigenvalue weighted by Gasteiger charge is -2.39. The van der Waals surface area contributed by atoms with Gasteiger partial charge in [-0.3, -0.25) is 14.5 Å². The van der Waals surface area contributed by atoms with Crippen molar-refractivity contribution in [2.45, 2.75) is 70.9 Å². The molecule has 13 heteroatoms. The van der Waals surface area contributed by atoms with E-state index in [0.29, 0.717) is 55.0 Å². The van der Waals surface area contributed by atoms with Crippen molar-refractivity contribution < 1.29 is 32.6 Å². The molecule has 1 aromatic carbocycles. The number of fused-ring (bicyclic) bond motifs is 1. The molecule has 1 atom stereocenters. The van der Waals surface area contributed by atoms with Gasteiger partial charge in [-0.1, -0.05) is 29.7 Å². The minimum absolute atomic E-state index is 0.0186. The van der Waals surface area contributed by atoms with Crippen LogP contribution >= 0.6 is 11.6 Å². The number of nitrogens with zero attached hydrogens (tertiary/aromatic N) is 5. The van der Waals surface area contributed by atoms with E-state index in [4.69, 9.17) is 21.1 Å². The average Bonchev–Trinajstić information content (AvgIpc) is 3.64. The van der Waals surface area contributed by atoms with Crippen molar-refractivity contribution in [2.24, 2.45) is 12.5 Å². The Morgan fingerprint density at radius 2 is 1.93 bits per heavy atom. The molecular weight excluding hydrogens is 548 g/mol. The highest BCUT2D eigenvalue weighted by atomic mass is 35.5. The molecule has 40 heavy (non-hydrogen) atoms. The summed E-state index contributed by atoms with van der Waals surface area (Å²) in [5.41, 5.74) is 0.196. The topological polar surface area (TPSA) is 107 Å². The highest BCUT2D eigenvalue weighted by molar-refractivity contribution is 6.31. The summed E-state index contributed by atoms with van der Waals surface area (Å²) >= 11 is 6.58. The number of aromatic nitrogens is 3. The van der Waals surface area contributed by atoms with Gasteiger partial charge in [0.2, 0.25) is 5.91 Å². The summed E-state index contributed by atoms with van der Waals surface area (Å²) in [5, 5.41) is 7.96. The van der Waals surface area contributed by atoms with Crippen molar-refractivity contribution in [3.63, 3.8) is 0 Å². The number of hydrogen-bond donors (Lipinski definition) is 0. The molecule has 3 aliphatic rings. The van der Waals surface area contributed by atoms with Gasteiger partial charge in [0.05, 0.1) is 11.5 Å². The summed E-state index contributed by atoms with van der Waals surface area (Å²) in [6.45, 7) is 2.41. The van der Waals surface area contributed by atoms with Crippen molar-refractivity contribution in [3.05, 3.63) is 39.7 Å². The lowest BCUT2D eigenvalue weighted by Crippen LogP contribution is -2.47. The Labute approximate surface area is 235 Å². The van der Waals surface area contributed by atoms with Crippen LogP contribution in [0.1, 0.15) is 80.4 Å². The number of esters is 1. The van der Waals surface area contributed by atoms with Crippen molar-refractivity contribution >= 4 is 29.6 Å². The summed E-state index contributed by atoms with van der Waals surface area (Å²) in [7, 11) is 1.38. The Bertz CT molecular complexity index is 1310. The van der Waals surface area contributed by atoms with Gasteiger partial charge in [0, 0.05) is 43.7 Å². The van der Waals surface area contributed by atoms with E-state index in [9.17, 15) is 23.2 Å². The number of carbonyl (C=O) groups is 3. The van der Waals surface area contributed by atoms with Gasteiger partial charge in [0.15, 0.2) is 0 Å². The minimum Gasteiger partial charge on any atom is -0.487 e. The highest BCUT2D eigenvalue weighted by Gasteiger charge is 2.43. The first kappa shape index (κ1) is 28.3. The van der Waals surface area contributed by atoms with Gasteiger partial charge in [-0.2, -0.15) is 0 Å². The molecule has 1 unspecified atom stereocenters. The van der Waals surface area contributed by atoms with Crippen molar-refractivity contribution in [1.82, 2.24) is 24.8 Å². The van der Waals surface area contributed by atoms with Gasteiger partial charge in [-0.25, -0.2) is 18.3 Å². The quantitative estimate of drug-likeness (QED) is 0.344. The number of rotatable bonds is 7. The van der Waals surface area contributed by atoms with E-state index in [1.54, 1.807) is 17.0 Å². The maximum absolute atomic E-state index is 13.6. The van der Waals surface area contributed by atoms with Crippen LogP contribution in [0.15, 0.2) is 12.1 Å². The molecular formula is C27H32ClF2N5O5. The van der Waals surface area contributed by atoms with E-state index in [0.717, 1.165) is 23.1 Å². The molecule has 2 aromatic rings. The van der Waals surface area contributed by atoms with Crippen LogP contribution in [-0.2, 0) is 34.4 Å². The lowest BCUT2D eigenvalue weighted by molar-refractivity contribution is -0.149. The molecule has 1 aromatic heterocycles. The second-order valence-corrected chi connectivity index (χ2v) is 11.3. The summed E-state index contributed by atoms with van der Waals surface area (Å²) in [4.78, 5) is 42.2. The van der Waals surface area contributed by atoms with Crippen molar-refractivity contribution in [2.75, 3.05) is 19.6 Å². The number of likely N-dealkylation sites (tertiary alicyclic amines) is 1. The zero-order valence-corrected chi connectivity index (χ0v) is 23.3. The van der Waals surface area contributed by atoms with Crippen LogP contribution in [0.5, 0.6) is 5.75 Å². The van der Waals surface area contributed by atoms with Gasteiger partial charge in [-0.15, -0.1) is 5.10 Å². The Morgan fingerprint density at radius 3 is 2.60 bits per heavy atom. The average molecular weight is 580 g/mol. The van der Waals surface area contributed by atoms with E-state index in [2.05, 4.69) is 10.3 Å². The molecule has 0 bridgehead atoms. The van der Waals surface area contributed by atoms with E-state index in [-0.39, 0.29) is 37.0 Å². The molecule has 2 fully saturated rings. The number of hydrogen-bond acceptors (Lipinski definition) is 7. The molecule has 1 saturated heterocycles. The normalized spacial score (nSPS) is 20.2. The molecule has 0 spiro atoms. The van der Waals surface area contributed by atoms with E-state index in [1.807, 2.05) is 6.92 Å². The molecule has 216 valence electrons. The van der Waals surface area contributed by atoms with Gasteiger partial charge >= 0.3 is 12.1 Å². The summed E-state index contributed by atoms with van der Waals surface area (Å²) < 4.78 is 39.6. The molecule has 10 nitrogen and oxygen atoms in total. The second-order valence-electron chi connectivity index (χ2n) is 10.9. The van der Waals surface area contributed by atoms with Crippen LogP contribution in [0, 0.1) is 5.41 Å². The Morgan fingerprint density at radius 1 is 1.18 bits per heavy atom. The number of carbonyl (C=O) groups excluding carboxylic acids is 3. The first-order valence-electron chi connectivity index (χ1n) is 13.5. The molecule has 3 heterocycles. The summed E-state index contributed by atoms with van der Waals surface area (Å²) in [6.07, 6.45) is 0.975. The fourth-order valence-corrected chi connectivity index (χ4v) is 6.22. The smallest absolute Gasteiger partial charge is 0.418 e. The molecule has 2 aliphatic heterocycles. The number of alkyl halides is 2. The van der Waals surface area contributed by atoms with Gasteiger partial charge < -0.3 is 14.4 Å². The standard InChI is InChI=1S/C27H32ClF2N5O5/c1-27(10-3-4-11-27)25(37)40-26(38)35-13-9-16-17(28)7-8-20(22(16)19(35)14-34-12-5-6-21(34)36)39-15-18-23(24(29)30)33(2)32-31-18/h7-8,19,24H,3-6,9-15H2,1-2H3. The van der Waals surface area contributed by atoms with Crippen LogP contribution < -0.4 is 4.74 Å². The van der Waals surface area contributed by atoms with Crippen LogP contribution in [0.3, 0.4) is 0 Å². The SMILES string of the molecule is Cn1nnc(COc2ccc(Cl)c3c2C(CN2CCCC2=O)N(C(=O)OC(=O)C2(C)CCCC2)CC3)c1C(F)F. The summed E-state index contributed by atoms with van der Waals surface area (Å²) in [5.74, 6) is -0.282. The first-order valence-corrected chi connectivity index (χ1v) is 13.9. The molecule has 2 amide bonds. The predicted octanol–water partition coefficient (Wildman–Crippen LogP) is 4.75. The number of ether oxygens (including phenoxy) is 2. The van der Waals surface area contributed by atoms with Crippen LogP contribution in [0.4, 0.5) is 13.6 Å². The van der Waals surface area contributed by atoms with Gasteiger partial charge in [-0.05, 0) is 50.3 Å². The summed E-state index contributed by atoms with van der Waals surface area (Å²) in [6, 6.07) is 2.53. The van der Waals surface area contributed by atoms with Crippen LogP contribution in [0.25, 0.3) is 0 Å². The van der Waals surface area contributed by atoms with E-state index in [1.165, 1.54) is 11.9 Å². The maximum atomic E-state index is 13.6. The maximum Gasteiger partial charge on any atom is 0.418 e. The Kier molecular flexibility index (Phi) is 7.98. The third-order valence-corrected chi connectivity index (χ3v) is 8.62. The largest absolute Gasteiger partial charge is 0.487 e. The molecule has 5 rings (SSSR count). The van der Waals surface area contributed by atoms with E-state index < -0.39 is 29.9 Å². The van der Waals surface area contributed by atoms with Crippen molar-refractivity contribution in [3.8, 4) is 5.75 Å². The lowest BCUT2D eigenvalue weighted by atomic mass is 9.89. The predicted molar refractivity (Wildman–Crippen MR) is 139 cm³/mol. The fourth-order valence-electron chi connectivity index (χ4n) is 5.96. The Hall–Kier alpha value is -3.28. The van der Waals surface area contributed by atoms with E-state index >= 15 is 0 Å². The molecule has 1 aliphatic carbocycles. The number of aryl methyl sites for hydroxylation is 1. The highest BCUT2D eigenvalue weighted by Crippen LogP contribution is 2.43. The van der Waals surface area contributed by atoms with Crippen molar-refractivity contribution in [1.29, 1.82) is 0 Å². The first-order chi connectivity index (χ1) is 19.1. The molecule has 1 saturated carbocycles. The second kappa shape index (κ2) is 11.3.